The van der Waals surface area contributed by atoms with Gasteiger partial charge in [-0.25, -0.2) is 4.98 Å². The average molecular weight is 533 g/mol. The number of nitrogens with one attached hydrogen (secondary N) is 1. The molecule has 32 heavy (non-hydrogen) atoms. The van der Waals surface area contributed by atoms with Gasteiger partial charge in [0.05, 0.1) is 16.4 Å². The van der Waals surface area contributed by atoms with Crippen molar-refractivity contribution in [1.82, 2.24) is 19.5 Å². The molecule has 8 heteroatoms. The van der Waals surface area contributed by atoms with Gasteiger partial charge in [-0.3, -0.25) is 0 Å². The van der Waals surface area contributed by atoms with Crippen molar-refractivity contribution in [3.63, 3.8) is 0 Å². The van der Waals surface area contributed by atoms with E-state index in [0.29, 0.717) is 5.02 Å². The molecule has 2 aromatic heterocycles. The molecule has 0 aliphatic heterocycles. The molecule has 0 saturated heterocycles. The number of fused-ring (bicyclic) bond motifs is 1. The summed E-state index contributed by atoms with van der Waals surface area (Å²) < 4.78 is 2.65. The molecular weight excluding hydrogens is 509 g/mol. The van der Waals surface area contributed by atoms with Crippen molar-refractivity contribution in [2.75, 3.05) is 25.5 Å². The van der Waals surface area contributed by atoms with Crippen molar-refractivity contribution < 1.29 is 0 Å². The molecule has 4 aromatic rings. The normalized spacial score (nSPS) is 11.4. The predicted octanol–water partition coefficient (Wildman–Crippen LogP) is 6.71. The first-order valence-corrected chi connectivity index (χ1v) is 11.9. The van der Waals surface area contributed by atoms with Crippen LogP contribution in [0.25, 0.3) is 16.9 Å². The molecule has 0 spiro atoms. The van der Waals surface area contributed by atoms with Crippen molar-refractivity contribution in [3.8, 4) is 11.3 Å². The monoisotopic (exact) mass is 531 g/mol. The van der Waals surface area contributed by atoms with Crippen LogP contribution in [0, 0.1) is 6.92 Å². The van der Waals surface area contributed by atoms with Gasteiger partial charge in [0.1, 0.15) is 5.82 Å². The fourth-order valence-corrected chi connectivity index (χ4v) is 4.62. The van der Waals surface area contributed by atoms with Crippen LogP contribution in [0.5, 0.6) is 0 Å². The minimum absolute atomic E-state index is 0.670. The van der Waals surface area contributed by atoms with Crippen molar-refractivity contribution in [2.24, 2.45) is 0 Å². The number of benzene rings is 2. The van der Waals surface area contributed by atoms with Gasteiger partial charge in [-0.05, 0) is 72.2 Å². The number of anilines is 1. The first-order chi connectivity index (χ1) is 15.4. The second-order valence-corrected chi connectivity index (χ2v) is 9.59. The van der Waals surface area contributed by atoms with Gasteiger partial charge < -0.3 is 10.2 Å². The molecule has 4 rings (SSSR count). The van der Waals surface area contributed by atoms with E-state index in [1.807, 2.05) is 47.0 Å². The molecule has 0 bridgehead atoms. The summed E-state index contributed by atoms with van der Waals surface area (Å²) in [4.78, 5) is 7.05. The molecule has 5 nitrogen and oxygen atoms in total. The highest BCUT2D eigenvalue weighted by atomic mass is 79.9. The molecule has 2 aromatic carbocycles. The largest absolute Gasteiger partial charge is 0.370 e. The van der Waals surface area contributed by atoms with Crippen molar-refractivity contribution in [3.05, 3.63) is 80.4 Å². The number of aryl methyl sites for hydroxylation is 1. The van der Waals surface area contributed by atoms with Crippen LogP contribution >= 0.6 is 39.1 Å². The van der Waals surface area contributed by atoms with E-state index < -0.39 is 0 Å². The Morgan fingerprint density at radius 1 is 1.12 bits per heavy atom. The second kappa shape index (κ2) is 10.2. The Bertz CT molecular complexity index is 1220. The highest BCUT2D eigenvalue weighted by Gasteiger charge is 2.13. The Kier molecular flexibility index (Phi) is 7.36. The fraction of sp³-hybridized carbons (Fsp3) is 0.250. The second-order valence-electron chi connectivity index (χ2n) is 7.89. The van der Waals surface area contributed by atoms with E-state index in [1.54, 1.807) is 6.20 Å². The van der Waals surface area contributed by atoms with Gasteiger partial charge in [-0.1, -0.05) is 47.5 Å². The summed E-state index contributed by atoms with van der Waals surface area (Å²) in [7, 11) is 2.13. The lowest BCUT2D eigenvalue weighted by Gasteiger charge is -2.18. The molecule has 0 radical (unpaired) electrons. The Morgan fingerprint density at radius 3 is 2.72 bits per heavy atom. The van der Waals surface area contributed by atoms with Gasteiger partial charge in [-0.15, -0.1) is 0 Å². The maximum absolute atomic E-state index is 6.42. The minimum Gasteiger partial charge on any atom is -0.370 e. The molecule has 0 amide bonds. The maximum atomic E-state index is 6.42. The molecular formula is C24H24BrCl2N5. The van der Waals surface area contributed by atoms with Crippen molar-refractivity contribution >= 4 is 50.6 Å². The van der Waals surface area contributed by atoms with Gasteiger partial charge in [0.15, 0.2) is 5.65 Å². The van der Waals surface area contributed by atoms with Gasteiger partial charge in [0.25, 0.3) is 0 Å². The Hall–Kier alpha value is -2.12. The Balaban J connectivity index is 1.43. The van der Waals surface area contributed by atoms with Gasteiger partial charge in [0, 0.05) is 34.8 Å². The topological polar surface area (TPSA) is 45.5 Å². The predicted molar refractivity (Wildman–Crippen MR) is 137 cm³/mol. The van der Waals surface area contributed by atoms with Gasteiger partial charge >= 0.3 is 0 Å². The van der Waals surface area contributed by atoms with Crippen LogP contribution < -0.4 is 5.32 Å². The highest BCUT2D eigenvalue weighted by Crippen LogP contribution is 2.30. The Labute approximate surface area is 206 Å². The molecule has 0 aliphatic carbocycles. The lowest BCUT2D eigenvalue weighted by Crippen LogP contribution is -2.21. The van der Waals surface area contributed by atoms with Crippen LogP contribution in [0.1, 0.15) is 17.5 Å². The first-order valence-electron chi connectivity index (χ1n) is 10.4. The number of rotatable bonds is 8. The fourth-order valence-electron chi connectivity index (χ4n) is 3.73. The Morgan fingerprint density at radius 2 is 1.94 bits per heavy atom. The summed E-state index contributed by atoms with van der Waals surface area (Å²) in [6.07, 6.45) is 2.73. The minimum atomic E-state index is 0.670. The molecule has 0 unspecified atom stereocenters. The zero-order chi connectivity index (χ0) is 22.7. The standard InChI is InChI=1S/C24H24BrCl2N5/c1-16-10-17(12-18(26)11-16)15-31(2)9-5-8-28-23-13-22(19-6-3-4-7-21(19)27)30-24-20(25)14-29-32(23)24/h3-4,6-7,10-14,28H,5,8-9,15H2,1-2H3. The quantitative estimate of drug-likeness (QED) is 0.256. The zero-order valence-electron chi connectivity index (χ0n) is 17.9. The van der Waals surface area contributed by atoms with Gasteiger partial charge in [-0.2, -0.15) is 9.61 Å². The molecule has 0 fully saturated rings. The highest BCUT2D eigenvalue weighted by molar-refractivity contribution is 9.10. The van der Waals surface area contributed by atoms with Crippen LogP contribution in [0.3, 0.4) is 0 Å². The summed E-state index contributed by atoms with van der Waals surface area (Å²) in [6, 6.07) is 15.9. The number of halogens is 3. The van der Waals surface area contributed by atoms with Crippen LogP contribution in [-0.4, -0.2) is 39.6 Å². The maximum Gasteiger partial charge on any atom is 0.172 e. The summed E-state index contributed by atoms with van der Waals surface area (Å²) in [6.45, 7) is 4.69. The van der Waals surface area contributed by atoms with Crippen LogP contribution in [-0.2, 0) is 6.54 Å². The molecule has 0 aliphatic rings. The average Bonchev–Trinajstić information content (AvgIpc) is 3.11. The first kappa shape index (κ1) is 23.1. The molecule has 166 valence electrons. The van der Waals surface area contributed by atoms with E-state index >= 15 is 0 Å². The van der Waals surface area contributed by atoms with E-state index in [-0.39, 0.29) is 0 Å². The van der Waals surface area contributed by atoms with Crippen LogP contribution in [0.2, 0.25) is 10.0 Å². The molecule has 1 N–H and O–H groups in total. The third-order valence-electron chi connectivity index (χ3n) is 5.16. The number of nitrogens with zero attached hydrogens (tertiary/aromatic N) is 4. The van der Waals surface area contributed by atoms with E-state index in [1.165, 1.54) is 11.1 Å². The smallest absolute Gasteiger partial charge is 0.172 e. The van der Waals surface area contributed by atoms with E-state index in [0.717, 1.165) is 58.3 Å². The third kappa shape index (κ3) is 5.44. The van der Waals surface area contributed by atoms with E-state index in [2.05, 4.69) is 51.3 Å². The number of hydrogen-bond donors (Lipinski definition) is 1. The number of aromatic nitrogens is 3. The molecule has 2 heterocycles. The summed E-state index contributed by atoms with van der Waals surface area (Å²) >= 11 is 16.2. The SMILES string of the molecule is Cc1cc(Cl)cc(CN(C)CCCNc2cc(-c3ccccc3Cl)nc3c(Br)cnn23)c1. The summed E-state index contributed by atoms with van der Waals surface area (Å²) in [5, 5.41) is 9.43. The third-order valence-corrected chi connectivity index (χ3v) is 6.26. The molecule has 0 atom stereocenters. The van der Waals surface area contributed by atoms with Gasteiger partial charge in [0.2, 0.25) is 0 Å². The lowest BCUT2D eigenvalue weighted by atomic mass is 10.1. The van der Waals surface area contributed by atoms with Crippen LogP contribution in [0.15, 0.2) is 59.2 Å². The van der Waals surface area contributed by atoms with E-state index in [4.69, 9.17) is 28.2 Å². The van der Waals surface area contributed by atoms with Crippen molar-refractivity contribution in [1.29, 1.82) is 0 Å². The zero-order valence-corrected chi connectivity index (χ0v) is 21.0. The number of hydrogen-bond acceptors (Lipinski definition) is 4. The lowest BCUT2D eigenvalue weighted by molar-refractivity contribution is 0.325. The molecule has 0 saturated carbocycles. The van der Waals surface area contributed by atoms with E-state index in [9.17, 15) is 0 Å². The summed E-state index contributed by atoms with van der Waals surface area (Å²) in [5.74, 6) is 0.878. The van der Waals surface area contributed by atoms with Crippen LogP contribution in [0.4, 0.5) is 5.82 Å². The van der Waals surface area contributed by atoms with Crippen molar-refractivity contribution in [2.45, 2.75) is 19.9 Å². The summed E-state index contributed by atoms with van der Waals surface area (Å²) in [5.41, 5.74) is 4.86.